The summed E-state index contributed by atoms with van der Waals surface area (Å²) in [4.78, 5) is 71.3. The number of hydrogen-bond acceptors (Lipinski definition) is 10. The number of methoxy groups -OCH3 is 2. The van der Waals surface area contributed by atoms with E-state index in [1.54, 1.807) is 29.1 Å². The van der Waals surface area contributed by atoms with Gasteiger partial charge < -0.3 is 49.3 Å². The lowest BCUT2D eigenvalue weighted by atomic mass is 9.55. The van der Waals surface area contributed by atoms with Gasteiger partial charge in [0, 0.05) is 35.3 Å². The van der Waals surface area contributed by atoms with E-state index in [9.17, 15) is 19.2 Å². The van der Waals surface area contributed by atoms with E-state index in [4.69, 9.17) is 44.6 Å². The summed E-state index contributed by atoms with van der Waals surface area (Å²) in [5.41, 5.74) is 4.57. The number of carbonyl (C=O) groups is 4. The number of aromatic nitrogens is 4. The summed E-state index contributed by atoms with van der Waals surface area (Å²) < 4.78 is 22.2. The first-order chi connectivity index (χ1) is 33.0. The Kier molecular flexibility index (Phi) is 20.7. The van der Waals surface area contributed by atoms with Crippen molar-refractivity contribution in [1.29, 1.82) is 0 Å². The molecule has 0 saturated carbocycles. The van der Waals surface area contributed by atoms with Crippen molar-refractivity contribution in [1.82, 2.24) is 40.4 Å². The zero-order valence-corrected chi connectivity index (χ0v) is 42.2. The van der Waals surface area contributed by atoms with Crippen molar-refractivity contribution in [3.63, 3.8) is 0 Å². The molecule has 3 aliphatic rings. The van der Waals surface area contributed by atoms with Gasteiger partial charge in [0.15, 0.2) is 0 Å². The van der Waals surface area contributed by atoms with E-state index in [0.29, 0.717) is 36.2 Å². The van der Waals surface area contributed by atoms with Crippen LogP contribution in [0.25, 0.3) is 33.6 Å². The number of likely N-dealkylation sites (tertiary alicyclic amines) is 2. The van der Waals surface area contributed by atoms with Gasteiger partial charge in [0.05, 0.1) is 79.0 Å². The van der Waals surface area contributed by atoms with Gasteiger partial charge in [-0.25, -0.2) is 19.6 Å². The highest BCUT2D eigenvalue weighted by molar-refractivity contribution is 6.40. The fourth-order valence-electron chi connectivity index (χ4n) is 8.22. The molecule has 4 aromatic rings. The fourth-order valence-corrected chi connectivity index (χ4v) is 8.22. The molecular weight excluding hydrogens is 874 g/mol. The minimum atomic E-state index is -1.32. The zero-order chi connectivity index (χ0) is 51.0. The van der Waals surface area contributed by atoms with Crippen LogP contribution in [0, 0.1) is 24.2 Å². The molecule has 4 amide bonds. The normalized spacial score (nSPS) is 17.6. The number of rotatable bonds is 10. The second-order valence-corrected chi connectivity index (χ2v) is 17.7. The molecule has 0 spiro atoms. The van der Waals surface area contributed by atoms with Crippen LogP contribution in [-0.4, -0.2) is 122 Å². The third-order valence-corrected chi connectivity index (χ3v) is 11.5. The number of carbonyl (C=O) groups excluding carboxylic acids is 4. The predicted octanol–water partition coefficient (Wildman–Crippen LogP) is 8.53. The van der Waals surface area contributed by atoms with E-state index in [1.807, 2.05) is 77.9 Å². The van der Waals surface area contributed by atoms with E-state index in [0.717, 1.165) is 59.3 Å². The summed E-state index contributed by atoms with van der Waals surface area (Å²) in [6.45, 7) is 18.5. The maximum Gasteiger partial charge on any atom is 0.407 e. The maximum atomic E-state index is 13.7. The van der Waals surface area contributed by atoms with E-state index in [2.05, 4.69) is 46.8 Å². The lowest BCUT2D eigenvalue weighted by Gasteiger charge is -2.30. The van der Waals surface area contributed by atoms with Gasteiger partial charge in [-0.2, -0.15) is 0 Å². The Hall–Kier alpha value is -6.37. The zero-order valence-electron chi connectivity index (χ0n) is 42.2. The first-order valence-corrected chi connectivity index (χ1v) is 23.9. The summed E-state index contributed by atoms with van der Waals surface area (Å²) in [6, 6.07) is 9.55. The molecule has 5 heterocycles. The Morgan fingerprint density at radius 3 is 1.46 bits per heavy atom. The standard InChI is InChI=1S/C43H52B2N8O8.C3H8.C3H4.C2H6/c1-23(2)35(50-41(56)58-5)39(54)52-15-7-9-31(52)37-46-19-29(48-37)25-11-13-27-28-14-12-26(18-34(28)61-22-43(44,45)21-60-33(27)17-25)30-20-47-38(49-30)32-10-8-16-53(32)40(55)36(24(3)4)51-42(57)59-6;2*1-3-2;1-2/h11-14,17-20,23-24,31-32,35-36H,7-10,15-16,21-22H2,1-6H3,(H,46,48)(H,47,49)(H,50,56)(H,51,57);3H2,1-2H3;1H,2H3;1-2H3/t31-,32-,35?,36?;;;/m0.../s1. The SMILES string of the molecule is C#CC.CC.CCC.[B]C1([B])COc2cc(-c3cnc([C@@H]4CCCN4C(=O)C(NC(=O)OC)C(C)C)[nH]3)ccc2-c2ccc(-c3cnc([C@@H]4CCCN4C(=O)C(NC(=O)OC)C(C)C)[nH]3)cc2OC1. The number of imidazole rings is 2. The number of terminal acetylenes is 1. The van der Waals surface area contributed by atoms with Crippen molar-refractivity contribution in [2.45, 2.75) is 124 Å². The second-order valence-electron chi connectivity index (χ2n) is 17.7. The average Bonchev–Trinajstić information content (AvgIpc) is 4.19. The van der Waals surface area contributed by atoms with Gasteiger partial charge in [-0.3, -0.25) is 9.59 Å². The molecular formula is C51H70B2N8O8. The number of amides is 4. The fraction of sp³-hybridized carbons (Fsp3) is 0.529. The second kappa shape index (κ2) is 25.8. The van der Waals surface area contributed by atoms with Crippen molar-refractivity contribution < 1.29 is 38.1 Å². The van der Waals surface area contributed by atoms with Crippen molar-refractivity contribution >= 4 is 39.7 Å². The average molecular weight is 945 g/mol. The van der Waals surface area contributed by atoms with Gasteiger partial charge in [0.2, 0.25) is 11.8 Å². The van der Waals surface area contributed by atoms with E-state index in [1.165, 1.54) is 20.6 Å². The molecule has 16 nitrogen and oxygen atoms in total. The van der Waals surface area contributed by atoms with Crippen LogP contribution in [0.5, 0.6) is 11.5 Å². The van der Waals surface area contributed by atoms with Gasteiger partial charge >= 0.3 is 12.2 Å². The molecule has 0 bridgehead atoms. The molecule has 2 fully saturated rings. The number of ether oxygens (including phenoxy) is 4. The number of fused-ring (bicyclic) bond motifs is 3. The molecule has 2 aromatic carbocycles. The molecule has 2 unspecified atom stereocenters. The number of benzene rings is 2. The predicted molar refractivity (Wildman–Crippen MR) is 270 cm³/mol. The third kappa shape index (κ3) is 13.9. The van der Waals surface area contributed by atoms with Crippen LogP contribution in [-0.2, 0) is 19.1 Å². The number of nitrogens with zero attached hydrogens (tertiary/aromatic N) is 4. The van der Waals surface area contributed by atoms with Gasteiger partial charge in [-0.05, 0) is 73.9 Å². The minimum absolute atomic E-state index is 0.0262. The molecule has 4 radical (unpaired) electrons. The summed E-state index contributed by atoms with van der Waals surface area (Å²) >= 11 is 0. The van der Waals surface area contributed by atoms with Crippen LogP contribution in [0.2, 0.25) is 5.21 Å². The maximum absolute atomic E-state index is 13.7. The molecule has 4 atom stereocenters. The van der Waals surface area contributed by atoms with Crippen molar-refractivity contribution in [3.05, 3.63) is 60.4 Å². The Labute approximate surface area is 411 Å². The van der Waals surface area contributed by atoms with Crippen LogP contribution < -0.4 is 20.1 Å². The van der Waals surface area contributed by atoms with Crippen LogP contribution in [0.1, 0.15) is 118 Å². The Bertz CT molecular complexity index is 2220. The summed E-state index contributed by atoms with van der Waals surface area (Å²) in [6.07, 6.45) is 11.0. The highest BCUT2D eigenvalue weighted by Crippen LogP contribution is 2.43. The van der Waals surface area contributed by atoms with Crippen LogP contribution in [0.3, 0.4) is 0 Å². The first kappa shape index (κ1) is 55.2. The van der Waals surface area contributed by atoms with Gasteiger partial charge in [0.25, 0.3) is 0 Å². The number of hydrogen-bond donors (Lipinski definition) is 4. The van der Waals surface area contributed by atoms with E-state index < -0.39 is 29.5 Å². The lowest BCUT2D eigenvalue weighted by molar-refractivity contribution is -0.136. The molecule has 3 aliphatic heterocycles. The molecule has 69 heavy (non-hydrogen) atoms. The van der Waals surface area contributed by atoms with Crippen molar-refractivity contribution in [3.8, 4) is 57.5 Å². The number of alkyl carbamates (subject to hydrolysis) is 2. The highest BCUT2D eigenvalue weighted by atomic mass is 16.5. The molecule has 2 saturated heterocycles. The van der Waals surface area contributed by atoms with Crippen LogP contribution in [0.4, 0.5) is 9.59 Å². The van der Waals surface area contributed by atoms with Gasteiger partial charge in [-0.1, -0.05) is 73.9 Å². The van der Waals surface area contributed by atoms with Crippen molar-refractivity contribution in [2.24, 2.45) is 11.8 Å². The largest absolute Gasteiger partial charge is 0.494 e. The summed E-state index contributed by atoms with van der Waals surface area (Å²) in [7, 11) is 15.5. The Balaban J connectivity index is 0.00000122. The van der Waals surface area contributed by atoms with Gasteiger partial charge in [-0.15, -0.1) is 12.3 Å². The quantitative estimate of drug-likeness (QED) is 0.0885. The Morgan fingerprint density at radius 2 is 1.13 bits per heavy atom. The van der Waals surface area contributed by atoms with Gasteiger partial charge in [0.1, 0.15) is 35.2 Å². The van der Waals surface area contributed by atoms with Crippen LogP contribution in [0.15, 0.2) is 48.8 Å². The monoisotopic (exact) mass is 945 g/mol. The molecule has 368 valence electrons. The molecule has 4 N–H and O–H groups in total. The topological polar surface area (TPSA) is 193 Å². The lowest BCUT2D eigenvalue weighted by Crippen LogP contribution is -2.51. The van der Waals surface area contributed by atoms with E-state index >= 15 is 0 Å². The number of nitrogens with one attached hydrogen (secondary N) is 4. The smallest absolute Gasteiger partial charge is 0.407 e. The highest BCUT2D eigenvalue weighted by Gasteiger charge is 2.39. The summed E-state index contributed by atoms with van der Waals surface area (Å²) in [5.74, 6) is 3.94. The third-order valence-electron chi connectivity index (χ3n) is 11.5. The number of aromatic amines is 2. The first-order valence-electron chi connectivity index (χ1n) is 23.9. The van der Waals surface area contributed by atoms with Crippen molar-refractivity contribution in [2.75, 3.05) is 40.5 Å². The molecule has 18 heteroatoms. The minimum Gasteiger partial charge on any atom is -0.494 e. The number of H-pyrrole nitrogens is 2. The summed E-state index contributed by atoms with van der Waals surface area (Å²) in [5, 5.41) is 4.05. The molecule has 0 aliphatic carbocycles. The van der Waals surface area contributed by atoms with E-state index in [-0.39, 0.29) is 48.9 Å². The Morgan fingerprint density at radius 1 is 0.768 bits per heavy atom. The van der Waals surface area contributed by atoms with Crippen LogP contribution >= 0.6 is 0 Å². The molecule has 2 aromatic heterocycles. The molecule has 7 rings (SSSR count).